The van der Waals surface area contributed by atoms with Crippen LogP contribution in [-0.2, 0) is 24.2 Å². The summed E-state index contributed by atoms with van der Waals surface area (Å²) in [6, 6.07) is 5.12. The van der Waals surface area contributed by atoms with Crippen LogP contribution in [0.2, 0.25) is 5.02 Å². The molecule has 1 saturated heterocycles. The first-order valence-corrected chi connectivity index (χ1v) is 11.0. The maximum atomic E-state index is 12.1. The van der Waals surface area contributed by atoms with Crippen molar-refractivity contribution in [3.8, 4) is 0 Å². The summed E-state index contributed by atoms with van der Waals surface area (Å²) in [5.41, 5.74) is 1.40. The van der Waals surface area contributed by atoms with E-state index in [1.165, 1.54) is 18.7 Å². The lowest BCUT2D eigenvalue weighted by Gasteiger charge is -2.15. The zero-order valence-electron chi connectivity index (χ0n) is 14.0. The number of rotatable bonds is 6. The molecule has 0 aromatic heterocycles. The molecule has 138 valence electrons. The standard InChI is InChI=1S/C16H20ClNO5S2/c1-10-3-4-12(17)7-14(10)18-16(20)11(2)23-15(19)8-24-13-5-6-25(21,22)9-13/h3-4,7,11,13H,5-6,8-9H2,1-2H3,(H,18,20)/t11-,13-/m0/s1. The van der Waals surface area contributed by atoms with Gasteiger partial charge in [0.25, 0.3) is 5.91 Å². The minimum absolute atomic E-state index is 0.0218. The third-order valence-corrected chi connectivity index (χ3v) is 7.25. The highest BCUT2D eigenvalue weighted by Crippen LogP contribution is 2.24. The normalized spacial score (nSPS) is 20.0. The van der Waals surface area contributed by atoms with E-state index in [1.807, 2.05) is 6.92 Å². The molecule has 0 radical (unpaired) electrons. The number of nitrogens with one attached hydrogen (secondary N) is 1. The summed E-state index contributed by atoms with van der Waals surface area (Å²) in [5, 5.41) is 3.08. The lowest BCUT2D eigenvalue weighted by Crippen LogP contribution is -2.31. The smallest absolute Gasteiger partial charge is 0.316 e. The number of sulfone groups is 1. The maximum Gasteiger partial charge on any atom is 0.316 e. The van der Waals surface area contributed by atoms with Crippen LogP contribution in [0, 0.1) is 6.92 Å². The van der Waals surface area contributed by atoms with Crippen LogP contribution in [0.5, 0.6) is 0 Å². The largest absolute Gasteiger partial charge is 0.452 e. The highest BCUT2D eigenvalue weighted by Gasteiger charge is 2.29. The molecule has 1 amide bonds. The number of esters is 1. The van der Waals surface area contributed by atoms with E-state index in [0.29, 0.717) is 17.1 Å². The van der Waals surface area contributed by atoms with Gasteiger partial charge in [0.1, 0.15) is 0 Å². The van der Waals surface area contributed by atoms with Gasteiger partial charge in [-0.25, -0.2) is 8.42 Å². The van der Waals surface area contributed by atoms with Crippen molar-refractivity contribution >= 4 is 50.8 Å². The third kappa shape index (κ3) is 6.20. The first-order valence-electron chi connectivity index (χ1n) is 7.75. The summed E-state index contributed by atoms with van der Waals surface area (Å²) in [6.07, 6.45) is -0.413. The fraction of sp³-hybridized carbons (Fsp3) is 0.500. The van der Waals surface area contributed by atoms with Crippen molar-refractivity contribution in [1.82, 2.24) is 0 Å². The van der Waals surface area contributed by atoms with Gasteiger partial charge in [-0.2, -0.15) is 0 Å². The van der Waals surface area contributed by atoms with Crippen molar-refractivity contribution in [1.29, 1.82) is 0 Å². The molecule has 2 rings (SSSR count). The molecular weight excluding hydrogens is 386 g/mol. The number of thioether (sulfide) groups is 1. The van der Waals surface area contributed by atoms with Crippen molar-refractivity contribution in [2.24, 2.45) is 0 Å². The van der Waals surface area contributed by atoms with Crippen LogP contribution in [0.25, 0.3) is 0 Å². The average molecular weight is 406 g/mol. The molecule has 0 spiro atoms. The molecule has 25 heavy (non-hydrogen) atoms. The van der Waals surface area contributed by atoms with Crippen molar-refractivity contribution in [3.63, 3.8) is 0 Å². The van der Waals surface area contributed by atoms with Crippen LogP contribution in [0.3, 0.4) is 0 Å². The third-order valence-electron chi connectivity index (χ3n) is 3.76. The number of carbonyl (C=O) groups is 2. The molecule has 0 saturated carbocycles. The first kappa shape index (κ1) is 20.1. The lowest BCUT2D eigenvalue weighted by atomic mass is 10.2. The van der Waals surface area contributed by atoms with Crippen LogP contribution in [0.4, 0.5) is 5.69 Å². The molecular formula is C16H20ClNO5S2. The molecule has 1 aromatic carbocycles. The second-order valence-electron chi connectivity index (χ2n) is 5.92. The van der Waals surface area contributed by atoms with E-state index in [1.54, 1.807) is 18.2 Å². The number of anilines is 1. The lowest BCUT2D eigenvalue weighted by molar-refractivity contribution is -0.150. The topological polar surface area (TPSA) is 89.5 Å². The zero-order valence-corrected chi connectivity index (χ0v) is 16.3. The Balaban J connectivity index is 1.80. The SMILES string of the molecule is Cc1ccc(Cl)cc1NC(=O)[C@H](C)OC(=O)CS[C@H]1CCS(=O)(=O)C1. The Morgan fingerprint density at radius 3 is 2.80 bits per heavy atom. The van der Waals surface area contributed by atoms with E-state index in [2.05, 4.69) is 5.32 Å². The molecule has 1 aromatic rings. The molecule has 0 bridgehead atoms. The fourth-order valence-electron chi connectivity index (χ4n) is 2.33. The van der Waals surface area contributed by atoms with Crippen LogP contribution < -0.4 is 5.32 Å². The number of ether oxygens (including phenoxy) is 1. The molecule has 6 nitrogen and oxygen atoms in total. The van der Waals surface area contributed by atoms with Crippen molar-refractivity contribution in [2.45, 2.75) is 31.6 Å². The van der Waals surface area contributed by atoms with E-state index in [-0.39, 0.29) is 22.5 Å². The first-order chi connectivity index (χ1) is 11.7. The summed E-state index contributed by atoms with van der Waals surface area (Å²) in [6.45, 7) is 3.31. The van der Waals surface area contributed by atoms with Gasteiger partial charge in [-0.1, -0.05) is 17.7 Å². The zero-order chi connectivity index (χ0) is 18.6. The van der Waals surface area contributed by atoms with Gasteiger partial charge in [0.2, 0.25) is 0 Å². The number of hydrogen-bond donors (Lipinski definition) is 1. The Hall–Kier alpha value is -1.25. The second kappa shape index (κ2) is 8.42. The Morgan fingerprint density at radius 1 is 1.44 bits per heavy atom. The second-order valence-corrected chi connectivity index (χ2v) is 9.87. The van der Waals surface area contributed by atoms with Crippen LogP contribution in [-0.4, -0.2) is 48.9 Å². The number of amides is 1. The van der Waals surface area contributed by atoms with Crippen molar-refractivity contribution < 1.29 is 22.7 Å². The number of carbonyl (C=O) groups excluding carboxylic acids is 2. The number of aryl methyl sites for hydroxylation is 1. The van der Waals surface area contributed by atoms with Crippen molar-refractivity contribution in [3.05, 3.63) is 28.8 Å². The monoisotopic (exact) mass is 405 g/mol. The Labute approximate surface area is 156 Å². The highest BCUT2D eigenvalue weighted by atomic mass is 35.5. The van der Waals surface area contributed by atoms with Gasteiger partial charge in [0.15, 0.2) is 15.9 Å². The van der Waals surface area contributed by atoms with Crippen LogP contribution in [0.1, 0.15) is 18.9 Å². The molecule has 0 unspecified atom stereocenters. The van der Waals surface area contributed by atoms with E-state index in [0.717, 1.165) is 5.56 Å². The number of hydrogen-bond acceptors (Lipinski definition) is 6. The van der Waals surface area contributed by atoms with E-state index >= 15 is 0 Å². The van der Waals surface area contributed by atoms with Crippen LogP contribution in [0.15, 0.2) is 18.2 Å². The number of halogens is 1. The Morgan fingerprint density at radius 2 is 2.16 bits per heavy atom. The van der Waals surface area contributed by atoms with E-state index in [9.17, 15) is 18.0 Å². The van der Waals surface area contributed by atoms with E-state index in [4.69, 9.17) is 16.3 Å². The predicted octanol–water partition coefficient (Wildman–Crippen LogP) is 2.44. The molecule has 1 fully saturated rings. The fourth-order valence-corrected chi connectivity index (χ4v) is 5.92. The quantitative estimate of drug-likeness (QED) is 0.731. The molecule has 1 aliphatic rings. The molecule has 1 N–H and O–H groups in total. The van der Waals surface area contributed by atoms with Gasteiger partial charge in [0.05, 0.1) is 17.3 Å². The molecule has 9 heteroatoms. The minimum Gasteiger partial charge on any atom is -0.452 e. The van der Waals surface area contributed by atoms with Crippen molar-refractivity contribution in [2.75, 3.05) is 22.6 Å². The number of benzene rings is 1. The van der Waals surface area contributed by atoms with Gasteiger partial charge in [-0.3, -0.25) is 9.59 Å². The molecule has 1 aliphatic heterocycles. The summed E-state index contributed by atoms with van der Waals surface area (Å²) in [4.78, 5) is 24.0. The predicted molar refractivity (Wildman–Crippen MR) is 99.9 cm³/mol. The van der Waals surface area contributed by atoms with Gasteiger partial charge < -0.3 is 10.1 Å². The summed E-state index contributed by atoms with van der Waals surface area (Å²) >= 11 is 7.16. The van der Waals surface area contributed by atoms with Crippen LogP contribution >= 0.6 is 23.4 Å². The van der Waals surface area contributed by atoms with E-state index < -0.39 is 27.8 Å². The maximum absolute atomic E-state index is 12.1. The molecule has 1 heterocycles. The van der Waals surface area contributed by atoms with Gasteiger partial charge in [-0.15, -0.1) is 11.8 Å². The van der Waals surface area contributed by atoms with Gasteiger partial charge in [0, 0.05) is 16.0 Å². The highest BCUT2D eigenvalue weighted by molar-refractivity contribution is 8.02. The Kier molecular flexibility index (Phi) is 6.76. The minimum atomic E-state index is -2.97. The summed E-state index contributed by atoms with van der Waals surface area (Å²) in [5.74, 6) is -0.715. The Bertz CT molecular complexity index is 766. The van der Waals surface area contributed by atoms with Gasteiger partial charge in [-0.05, 0) is 38.0 Å². The summed E-state index contributed by atoms with van der Waals surface area (Å²) in [7, 11) is -2.97. The molecule has 2 atom stereocenters. The molecule has 0 aliphatic carbocycles. The van der Waals surface area contributed by atoms with Gasteiger partial charge >= 0.3 is 5.97 Å². The average Bonchev–Trinajstić information content (AvgIpc) is 2.88. The summed E-state index contributed by atoms with van der Waals surface area (Å²) < 4.78 is 27.9.